The van der Waals surface area contributed by atoms with E-state index in [0.717, 1.165) is 27.3 Å². The summed E-state index contributed by atoms with van der Waals surface area (Å²) in [5.74, 6) is 0. The van der Waals surface area contributed by atoms with Crippen LogP contribution in [0.3, 0.4) is 0 Å². The Morgan fingerprint density at radius 2 is 1.90 bits per heavy atom. The van der Waals surface area contributed by atoms with Gasteiger partial charge in [-0.3, -0.25) is 0 Å². The van der Waals surface area contributed by atoms with E-state index in [9.17, 15) is 0 Å². The van der Waals surface area contributed by atoms with Crippen LogP contribution in [0.4, 0.5) is 5.69 Å². The standard InChI is InChI=1S/C16H14Cl2N2/c1-10-6-7-12(17)14(8-10)19-9-15-16(18)11-4-2-3-5-13(11)20-15/h2-8,19-20H,9H2,1H3. The Balaban J connectivity index is 1.87. The molecule has 0 bridgehead atoms. The van der Waals surface area contributed by atoms with Crippen molar-refractivity contribution in [2.75, 3.05) is 5.32 Å². The molecular weight excluding hydrogens is 291 g/mol. The fourth-order valence-corrected chi connectivity index (χ4v) is 2.71. The van der Waals surface area contributed by atoms with Crippen LogP contribution in [0.15, 0.2) is 42.5 Å². The number of aromatic amines is 1. The molecule has 3 rings (SSSR count). The Morgan fingerprint density at radius 3 is 2.70 bits per heavy atom. The van der Waals surface area contributed by atoms with Gasteiger partial charge in [-0.25, -0.2) is 0 Å². The molecule has 0 saturated heterocycles. The summed E-state index contributed by atoms with van der Waals surface area (Å²) in [4.78, 5) is 3.33. The van der Waals surface area contributed by atoms with Crippen LogP contribution in [0.1, 0.15) is 11.3 Å². The zero-order valence-electron chi connectivity index (χ0n) is 11.0. The first-order valence-electron chi connectivity index (χ1n) is 6.40. The normalized spacial score (nSPS) is 10.9. The number of halogens is 2. The Morgan fingerprint density at radius 1 is 1.10 bits per heavy atom. The number of aryl methyl sites for hydroxylation is 1. The second-order valence-corrected chi connectivity index (χ2v) is 5.59. The molecule has 1 aromatic heterocycles. The smallest absolute Gasteiger partial charge is 0.0710 e. The number of nitrogens with one attached hydrogen (secondary N) is 2. The molecule has 0 saturated carbocycles. The molecule has 4 heteroatoms. The van der Waals surface area contributed by atoms with E-state index in [4.69, 9.17) is 23.2 Å². The molecule has 1 heterocycles. The molecule has 0 unspecified atom stereocenters. The molecule has 2 N–H and O–H groups in total. The minimum Gasteiger partial charge on any atom is -0.378 e. The van der Waals surface area contributed by atoms with Crippen molar-refractivity contribution >= 4 is 39.8 Å². The van der Waals surface area contributed by atoms with Gasteiger partial charge in [-0.1, -0.05) is 47.5 Å². The quantitative estimate of drug-likeness (QED) is 0.666. The van der Waals surface area contributed by atoms with E-state index in [1.165, 1.54) is 5.56 Å². The summed E-state index contributed by atoms with van der Waals surface area (Å²) in [5, 5.41) is 5.84. The Labute approximate surface area is 127 Å². The van der Waals surface area contributed by atoms with Gasteiger partial charge < -0.3 is 10.3 Å². The summed E-state index contributed by atoms with van der Waals surface area (Å²) in [6, 6.07) is 13.9. The average molecular weight is 305 g/mol. The van der Waals surface area contributed by atoms with E-state index in [1.807, 2.05) is 49.4 Å². The second-order valence-electron chi connectivity index (χ2n) is 4.80. The molecule has 102 valence electrons. The van der Waals surface area contributed by atoms with Crippen LogP contribution in [-0.4, -0.2) is 4.98 Å². The van der Waals surface area contributed by atoms with Gasteiger partial charge >= 0.3 is 0 Å². The molecule has 0 aliphatic carbocycles. The topological polar surface area (TPSA) is 27.8 Å². The molecule has 2 aromatic carbocycles. The largest absolute Gasteiger partial charge is 0.378 e. The van der Waals surface area contributed by atoms with Crippen LogP contribution >= 0.6 is 23.2 Å². The second kappa shape index (κ2) is 5.39. The summed E-state index contributed by atoms with van der Waals surface area (Å²) in [6.45, 7) is 2.65. The third-order valence-corrected chi connectivity index (χ3v) is 4.05. The summed E-state index contributed by atoms with van der Waals surface area (Å²) in [6.07, 6.45) is 0. The molecule has 20 heavy (non-hydrogen) atoms. The summed E-state index contributed by atoms with van der Waals surface area (Å²) >= 11 is 12.6. The van der Waals surface area contributed by atoms with E-state index in [-0.39, 0.29) is 0 Å². The van der Waals surface area contributed by atoms with E-state index < -0.39 is 0 Å². The maximum Gasteiger partial charge on any atom is 0.0710 e. The zero-order chi connectivity index (χ0) is 14.1. The fourth-order valence-electron chi connectivity index (χ4n) is 2.24. The van der Waals surface area contributed by atoms with Crippen LogP contribution in [0.2, 0.25) is 10.0 Å². The summed E-state index contributed by atoms with van der Waals surface area (Å²) in [5.41, 5.74) is 4.09. The van der Waals surface area contributed by atoms with Crippen molar-refractivity contribution < 1.29 is 0 Å². The molecular formula is C16H14Cl2N2. The van der Waals surface area contributed by atoms with E-state index >= 15 is 0 Å². The van der Waals surface area contributed by atoms with Gasteiger partial charge in [-0.2, -0.15) is 0 Å². The fraction of sp³-hybridized carbons (Fsp3) is 0.125. The van der Waals surface area contributed by atoms with Crippen molar-refractivity contribution in [2.45, 2.75) is 13.5 Å². The third-order valence-electron chi connectivity index (χ3n) is 3.29. The predicted molar refractivity (Wildman–Crippen MR) is 86.8 cm³/mol. The first kappa shape index (κ1) is 13.3. The number of hydrogen-bond donors (Lipinski definition) is 2. The molecule has 0 amide bonds. The van der Waals surface area contributed by atoms with Gasteiger partial charge in [0, 0.05) is 10.9 Å². The predicted octanol–water partition coefficient (Wildman–Crippen LogP) is 5.40. The lowest BCUT2D eigenvalue weighted by Crippen LogP contribution is -2.01. The maximum atomic E-state index is 6.39. The lowest BCUT2D eigenvalue weighted by atomic mass is 10.2. The average Bonchev–Trinajstić information content (AvgIpc) is 2.77. The Hall–Kier alpha value is -1.64. The van der Waals surface area contributed by atoms with Crippen molar-refractivity contribution in [3.05, 3.63) is 63.8 Å². The Kier molecular flexibility index (Phi) is 3.60. The van der Waals surface area contributed by atoms with E-state index in [2.05, 4.69) is 10.3 Å². The lowest BCUT2D eigenvalue weighted by Gasteiger charge is -2.08. The maximum absolute atomic E-state index is 6.39. The van der Waals surface area contributed by atoms with E-state index in [0.29, 0.717) is 11.6 Å². The molecule has 2 nitrogen and oxygen atoms in total. The number of aromatic nitrogens is 1. The first-order valence-corrected chi connectivity index (χ1v) is 7.16. The molecule has 0 fully saturated rings. The van der Waals surface area contributed by atoms with Crippen LogP contribution in [0, 0.1) is 6.92 Å². The van der Waals surface area contributed by atoms with E-state index in [1.54, 1.807) is 0 Å². The summed E-state index contributed by atoms with van der Waals surface area (Å²) < 4.78 is 0. The van der Waals surface area contributed by atoms with Gasteiger partial charge in [0.25, 0.3) is 0 Å². The van der Waals surface area contributed by atoms with Crippen molar-refractivity contribution in [1.29, 1.82) is 0 Å². The molecule has 0 spiro atoms. The number of hydrogen-bond acceptors (Lipinski definition) is 1. The molecule has 3 aromatic rings. The van der Waals surface area contributed by atoms with Gasteiger partial charge in [0.15, 0.2) is 0 Å². The van der Waals surface area contributed by atoms with Crippen LogP contribution in [0.25, 0.3) is 10.9 Å². The molecule has 0 radical (unpaired) electrons. The van der Waals surface area contributed by atoms with Gasteiger partial charge in [0.1, 0.15) is 0 Å². The SMILES string of the molecule is Cc1ccc(Cl)c(NCc2[nH]c3ccccc3c2Cl)c1. The monoisotopic (exact) mass is 304 g/mol. The number of anilines is 1. The number of fused-ring (bicyclic) bond motifs is 1. The first-order chi connectivity index (χ1) is 9.65. The number of rotatable bonds is 3. The van der Waals surface area contributed by atoms with Gasteiger partial charge in [-0.05, 0) is 30.7 Å². The number of benzene rings is 2. The van der Waals surface area contributed by atoms with Crippen LogP contribution in [-0.2, 0) is 6.54 Å². The van der Waals surface area contributed by atoms with Crippen molar-refractivity contribution in [2.24, 2.45) is 0 Å². The van der Waals surface area contributed by atoms with Crippen molar-refractivity contribution in [3.63, 3.8) is 0 Å². The highest BCUT2D eigenvalue weighted by molar-refractivity contribution is 6.36. The number of H-pyrrole nitrogens is 1. The lowest BCUT2D eigenvalue weighted by molar-refractivity contribution is 1.08. The third kappa shape index (κ3) is 2.49. The van der Waals surface area contributed by atoms with Crippen molar-refractivity contribution in [1.82, 2.24) is 4.98 Å². The highest BCUT2D eigenvalue weighted by Gasteiger charge is 2.09. The summed E-state index contributed by atoms with van der Waals surface area (Å²) in [7, 11) is 0. The van der Waals surface area contributed by atoms with Crippen LogP contribution < -0.4 is 5.32 Å². The Bertz CT molecular complexity index is 762. The minimum atomic E-state index is 0.608. The number of para-hydroxylation sites is 1. The van der Waals surface area contributed by atoms with Crippen LogP contribution in [0.5, 0.6) is 0 Å². The molecule has 0 atom stereocenters. The van der Waals surface area contributed by atoms with Gasteiger partial charge in [0.05, 0.1) is 28.0 Å². The van der Waals surface area contributed by atoms with Crippen molar-refractivity contribution in [3.8, 4) is 0 Å². The highest BCUT2D eigenvalue weighted by atomic mass is 35.5. The van der Waals surface area contributed by atoms with Gasteiger partial charge in [0.2, 0.25) is 0 Å². The highest BCUT2D eigenvalue weighted by Crippen LogP contribution is 2.29. The minimum absolute atomic E-state index is 0.608. The zero-order valence-corrected chi connectivity index (χ0v) is 12.5. The van der Waals surface area contributed by atoms with Gasteiger partial charge in [-0.15, -0.1) is 0 Å². The molecule has 0 aliphatic rings. The molecule has 0 aliphatic heterocycles.